The van der Waals surface area contributed by atoms with Gasteiger partial charge in [0, 0.05) is 16.7 Å². The number of aromatic nitrogens is 2. The Morgan fingerprint density at radius 3 is 2.56 bits per heavy atom. The molecular weight excluding hydrogens is 381 g/mol. The van der Waals surface area contributed by atoms with Gasteiger partial charge in [0.25, 0.3) is 0 Å². The lowest BCUT2D eigenvalue weighted by Crippen LogP contribution is -2.08. The van der Waals surface area contributed by atoms with Crippen molar-refractivity contribution in [1.82, 2.24) is 9.97 Å². The molecule has 0 amide bonds. The van der Waals surface area contributed by atoms with Gasteiger partial charge in [0.05, 0.1) is 4.47 Å². The summed E-state index contributed by atoms with van der Waals surface area (Å²) in [5.41, 5.74) is 1.17. The summed E-state index contributed by atoms with van der Waals surface area (Å²) in [6.45, 7) is 2.06. The summed E-state index contributed by atoms with van der Waals surface area (Å²) in [6, 6.07) is 8.25. The average Bonchev–Trinajstić information content (AvgIpc) is 2.34. The van der Waals surface area contributed by atoms with Crippen LogP contribution in [0.5, 0.6) is 0 Å². The second-order valence-electron chi connectivity index (χ2n) is 3.75. The van der Waals surface area contributed by atoms with Gasteiger partial charge in [0.1, 0.15) is 5.82 Å². The Labute approximate surface area is 127 Å². The molecule has 0 fully saturated rings. The number of anilines is 1. The number of halogens is 3. The maximum atomic E-state index is 5.78. The number of benzene rings is 1. The number of nitrogens with zero attached hydrogens (tertiary/aromatic N) is 2. The molecule has 0 bridgehead atoms. The van der Waals surface area contributed by atoms with Crippen LogP contribution in [0, 0.1) is 0 Å². The third-order valence-electron chi connectivity index (χ3n) is 2.44. The topological polar surface area (TPSA) is 37.8 Å². The summed E-state index contributed by atoms with van der Waals surface area (Å²) in [4.78, 5) is 8.04. The van der Waals surface area contributed by atoms with Crippen LogP contribution in [0.15, 0.2) is 39.4 Å². The monoisotopic (exact) mass is 389 g/mol. The molecule has 0 radical (unpaired) electrons. The molecule has 1 N–H and O–H groups in total. The van der Waals surface area contributed by atoms with E-state index in [4.69, 9.17) is 11.6 Å². The predicted molar refractivity (Wildman–Crippen MR) is 80.9 cm³/mol. The summed E-state index contributed by atoms with van der Waals surface area (Å²) in [6.07, 6.45) is 1.63. The van der Waals surface area contributed by atoms with Crippen molar-refractivity contribution in [2.75, 3.05) is 5.32 Å². The molecule has 0 aliphatic carbocycles. The van der Waals surface area contributed by atoms with Gasteiger partial charge in [0.2, 0.25) is 5.28 Å². The molecule has 2 rings (SSSR count). The van der Waals surface area contributed by atoms with E-state index < -0.39 is 0 Å². The van der Waals surface area contributed by atoms with Crippen molar-refractivity contribution >= 4 is 49.3 Å². The number of nitrogens with one attached hydrogen (secondary N) is 1. The van der Waals surface area contributed by atoms with Crippen molar-refractivity contribution < 1.29 is 0 Å². The number of hydrogen-bond acceptors (Lipinski definition) is 3. The third kappa shape index (κ3) is 3.43. The molecule has 1 aromatic carbocycles. The van der Waals surface area contributed by atoms with Gasteiger partial charge < -0.3 is 5.32 Å². The first kappa shape index (κ1) is 13.8. The molecule has 1 atom stereocenters. The highest BCUT2D eigenvalue weighted by molar-refractivity contribution is 9.10. The van der Waals surface area contributed by atoms with Gasteiger partial charge in [-0.2, -0.15) is 4.98 Å². The standard InChI is InChI=1S/C12H10Br2ClN3/c1-7(8-2-4-9(13)5-3-8)17-11-10(14)6-16-12(15)18-11/h2-7H,1H3,(H,16,17,18). The van der Waals surface area contributed by atoms with Crippen LogP contribution in [0.25, 0.3) is 0 Å². The normalized spacial score (nSPS) is 12.2. The molecule has 0 aliphatic heterocycles. The second-order valence-corrected chi connectivity index (χ2v) is 5.86. The number of rotatable bonds is 3. The lowest BCUT2D eigenvalue weighted by atomic mass is 10.1. The minimum Gasteiger partial charge on any atom is -0.362 e. The van der Waals surface area contributed by atoms with E-state index in [0.717, 1.165) is 8.95 Å². The van der Waals surface area contributed by atoms with Gasteiger partial charge in [-0.3, -0.25) is 0 Å². The molecule has 94 valence electrons. The van der Waals surface area contributed by atoms with Crippen molar-refractivity contribution in [3.63, 3.8) is 0 Å². The van der Waals surface area contributed by atoms with E-state index in [9.17, 15) is 0 Å². The second kappa shape index (κ2) is 5.99. The van der Waals surface area contributed by atoms with E-state index in [1.54, 1.807) is 6.20 Å². The van der Waals surface area contributed by atoms with E-state index in [1.807, 2.05) is 12.1 Å². The zero-order chi connectivity index (χ0) is 13.1. The van der Waals surface area contributed by atoms with Gasteiger partial charge in [-0.05, 0) is 52.2 Å². The van der Waals surface area contributed by atoms with Crippen LogP contribution < -0.4 is 5.32 Å². The van der Waals surface area contributed by atoms with Gasteiger partial charge in [-0.15, -0.1) is 0 Å². The summed E-state index contributed by atoms with van der Waals surface area (Å²) >= 11 is 12.6. The van der Waals surface area contributed by atoms with Crippen LogP contribution in [0.1, 0.15) is 18.5 Å². The maximum Gasteiger partial charge on any atom is 0.224 e. The molecule has 1 heterocycles. The first-order valence-electron chi connectivity index (χ1n) is 5.26. The fourth-order valence-electron chi connectivity index (χ4n) is 1.49. The fourth-order valence-corrected chi connectivity index (χ4v) is 2.19. The van der Waals surface area contributed by atoms with Crippen molar-refractivity contribution in [3.05, 3.63) is 50.3 Å². The fraction of sp³-hybridized carbons (Fsp3) is 0.167. The molecule has 0 saturated heterocycles. The lowest BCUT2D eigenvalue weighted by molar-refractivity contribution is 0.869. The maximum absolute atomic E-state index is 5.78. The van der Waals surface area contributed by atoms with Crippen LogP contribution in [0.2, 0.25) is 5.28 Å². The quantitative estimate of drug-likeness (QED) is 0.762. The molecule has 1 aromatic heterocycles. The van der Waals surface area contributed by atoms with E-state index in [-0.39, 0.29) is 11.3 Å². The summed E-state index contributed by atoms with van der Waals surface area (Å²) in [7, 11) is 0. The van der Waals surface area contributed by atoms with Gasteiger partial charge >= 0.3 is 0 Å². The molecule has 0 spiro atoms. The summed E-state index contributed by atoms with van der Waals surface area (Å²) in [5.74, 6) is 0.686. The minimum absolute atomic E-state index is 0.125. The highest BCUT2D eigenvalue weighted by Crippen LogP contribution is 2.25. The summed E-state index contributed by atoms with van der Waals surface area (Å²) in [5, 5.41) is 3.51. The molecule has 0 saturated carbocycles. The van der Waals surface area contributed by atoms with Crippen LogP contribution in [0.3, 0.4) is 0 Å². The molecular formula is C12H10Br2ClN3. The zero-order valence-electron chi connectivity index (χ0n) is 9.49. The minimum atomic E-state index is 0.125. The SMILES string of the molecule is CC(Nc1nc(Cl)ncc1Br)c1ccc(Br)cc1. The Hall–Kier alpha value is -0.650. The molecule has 3 nitrogen and oxygen atoms in total. The smallest absolute Gasteiger partial charge is 0.224 e. The molecule has 0 aliphatic rings. The van der Waals surface area contributed by atoms with E-state index >= 15 is 0 Å². The Morgan fingerprint density at radius 2 is 1.89 bits per heavy atom. The lowest BCUT2D eigenvalue weighted by Gasteiger charge is -2.16. The van der Waals surface area contributed by atoms with Crippen LogP contribution in [0.4, 0.5) is 5.82 Å². The highest BCUT2D eigenvalue weighted by Gasteiger charge is 2.09. The highest BCUT2D eigenvalue weighted by atomic mass is 79.9. The third-order valence-corrected chi connectivity index (χ3v) is 3.73. The van der Waals surface area contributed by atoms with E-state index in [2.05, 4.69) is 66.2 Å². The van der Waals surface area contributed by atoms with Crippen molar-refractivity contribution in [3.8, 4) is 0 Å². The molecule has 2 aromatic rings. The number of hydrogen-bond donors (Lipinski definition) is 1. The zero-order valence-corrected chi connectivity index (χ0v) is 13.4. The average molecular weight is 391 g/mol. The first-order valence-corrected chi connectivity index (χ1v) is 7.22. The van der Waals surface area contributed by atoms with Crippen LogP contribution in [-0.2, 0) is 0 Å². The molecule has 1 unspecified atom stereocenters. The van der Waals surface area contributed by atoms with Gasteiger partial charge in [0.15, 0.2) is 0 Å². The van der Waals surface area contributed by atoms with Crippen LogP contribution >= 0.6 is 43.5 Å². The van der Waals surface area contributed by atoms with Gasteiger partial charge in [-0.25, -0.2) is 4.98 Å². The summed E-state index contributed by atoms with van der Waals surface area (Å²) < 4.78 is 1.85. The van der Waals surface area contributed by atoms with Gasteiger partial charge in [-0.1, -0.05) is 28.1 Å². The van der Waals surface area contributed by atoms with E-state index in [1.165, 1.54) is 5.56 Å². The Balaban J connectivity index is 2.18. The Kier molecular flexibility index (Phi) is 4.59. The van der Waals surface area contributed by atoms with Crippen molar-refractivity contribution in [1.29, 1.82) is 0 Å². The van der Waals surface area contributed by atoms with Crippen molar-refractivity contribution in [2.45, 2.75) is 13.0 Å². The Bertz CT molecular complexity index is 546. The Morgan fingerprint density at radius 1 is 1.22 bits per heavy atom. The van der Waals surface area contributed by atoms with Crippen LogP contribution in [-0.4, -0.2) is 9.97 Å². The predicted octanol–water partition coefficient (Wildman–Crippen LogP) is 4.83. The molecule has 6 heteroatoms. The largest absolute Gasteiger partial charge is 0.362 e. The van der Waals surface area contributed by atoms with E-state index in [0.29, 0.717) is 5.82 Å². The molecule has 18 heavy (non-hydrogen) atoms. The van der Waals surface area contributed by atoms with Crippen molar-refractivity contribution in [2.24, 2.45) is 0 Å². The first-order chi connectivity index (χ1) is 8.56.